The maximum Gasteiger partial charge on any atom is 0.258 e. The number of amides is 1. The molecule has 0 aromatic heterocycles. The molecule has 0 atom stereocenters. The number of nitrogens with one attached hydrogen (secondary N) is 1. The molecule has 1 heterocycles. The van der Waals surface area contributed by atoms with Crippen molar-refractivity contribution in [2.24, 2.45) is 0 Å². The number of carbonyl (C=O) groups is 1. The van der Waals surface area contributed by atoms with Crippen LogP contribution >= 0.6 is 0 Å². The van der Waals surface area contributed by atoms with Crippen LogP contribution in [0.4, 0.5) is 15.8 Å². The lowest BCUT2D eigenvalue weighted by atomic mass is 10.2. The molecular weight excluding hydrogens is 357 g/mol. The van der Waals surface area contributed by atoms with Gasteiger partial charge in [-0.15, -0.1) is 0 Å². The van der Waals surface area contributed by atoms with Gasteiger partial charge in [0.1, 0.15) is 5.82 Å². The Morgan fingerprint density at radius 3 is 2.38 bits per heavy atom. The van der Waals surface area contributed by atoms with E-state index in [1.807, 2.05) is 6.07 Å². The number of rotatable bonds is 4. The smallest absolute Gasteiger partial charge is 0.258 e. The Balaban J connectivity index is 1.69. The van der Waals surface area contributed by atoms with Gasteiger partial charge in [-0.2, -0.15) is 4.31 Å². The maximum absolute atomic E-state index is 13.7. The molecule has 8 heteroatoms. The SMILES string of the molecule is CS(=O)(=O)N1CCN(c2cccc(NC(=O)c3ccccc3F)c2)CC1. The van der Waals surface area contributed by atoms with Crippen LogP contribution in [0.25, 0.3) is 0 Å². The molecule has 0 aliphatic carbocycles. The molecule has 1 N–H and O–H groups in total. The summed E-state index contributed by atoms with van der Waals surface area (Å²) in [6.07, 6.45) is 1.21. The molecule has 1 saturated heterocycles. The second kappa shape index (κ2) is 7.43. The molecule has 0 radical (unpaired) electrons. The molecule has 0 spiro atoms. The molecule has 26 heavy (non-hydrogen) atoms. The van der Waals surface area contributed by atoms with E-state index in [-0.39, 0.29) is 5.56 Å². The van der Waals surface area contributed by atoms with E-state index >= 15 is 0 Å². The number of hydrogen-bond acceptors (Lipinski definition) is 4. The van der Waals surface area contributed by atoms with E-state index < -0.39 is 21.7 Å². The minimum Gasteiger partial charge on any atom is -0.369 e. The molecular formula is C18H20FN3O3S. The van der Waals surface area contributed by atoms with Gasteiger partial charge in [0, 0.05) is 37.6 Å². The fraction of sp³-hybridized carbons (Fsp3) is 0.278. The highest BCUT2D eigenvalue weighted by Gasteiger charge is 2.23. The molecule has 1 fully saturated rings. The highest BCUT2D eigenvalue weighted by molar-refractivity contribution is 7.88. The Bertz CT molecular complexity index is 909. The largest absolute Gasteiger partial charge is 0.369 e. The third-order valence-electron chi connectivity index (χ3n) is 4.30. The summed E-state index contributed by atoms with van der Waals surface area (Å²) in [6.45, 7) is 1.98. The number of piperazine rings is 1. The van der Waals surface area contributed by atoms with Crippen molar-refractivity contribution in [1.82, 2.24) is 4.31 Å². The van der Waals surface area contributed by atoms with Crippen molar-refractivity contribution >= 4 is 27.3 Å². The minimum atomic E-state index is -3.18. The van der Waals surface area contributed by atoms with Crippen LogP contribution in [0.3, 0.4) is 0 Å². The standard InChI is InChI=1S/C18H20FN3O3S/c1-26(24,25)22-11-9-21(10-12-22)15-6-4-5-14(13-15)20-18(23)16-7-2-3-8-17(16)19/h2-8,13H,9-12H2,1H3,(H,20,23). The van der Waals surface area contributed by atoms with Crippen molar-refractivity contribution < 1.29 is 17.6 Å². The lowest BCUT2D eigenvalue weighted by molar-refractivity contribution is 0.102. The Morgan fingerprint density at radius 1 is 1.04 bits per heavy atom. The molecule has 138 valence electrons. The van der Waals surface area contributed by atoms with Crippen LogP contribution < -0.4 is 10.2 Å². The summed E-state index contributed by atoms with van der Waals surface area (Å²) < 4.78 is 38.4. The highest BCUT2D eigenvalue weighted by Crippen LogP contribution is 2.22. The lowest BCUT2D eigenvalue weighted by Crippen LogP contribution is -2.48. The third kappa shape index (κ3) is 4.20. The van der Waals surface area contributed by atoms with E-state index in [4.69, 9.17) is 0 Å². The first-order valence-corrected chi connectivity index (χ1v) is 10.1. The number of hydrogen-bond donors (Lipinski definition) is 1. The third-order valence-corrected chi connectivity index (χ3v) is 5.60. The van der Waals surface area contributed by atoms with Crippen LogP contribution in [-0.4, -0.2) is 51.1 Å². The van der Waals surface area contributed by atoms with Gasteiger partial charge in [0.15, 0.2) is 0 Å². The quantitative estimate of drug-likeness (QED) is 0.887. The molecule has 1 aliphatic heterocycles. The van der Waals surface area contributed by atoms with E-state index in [1.54, 1.807) is 24.3 Å². The Kier molecular flexibility index (Phi) is 5.24. The van der Waals surface area contributed by atoms with E-state index in [0.717, 1.165) is 5.69 Å². The van der Waals surface area contributed by atoms with Crippen LogP contribution in [-0.2, 0) is 10.0 Å². The molecule has 6 nitrogen and oxygen atoms in total. The summed E-state index contributed by atoms with van der Waals surface area (Å²) in [5, 5.41) is 2.70. The monoisotopic (exact) mass is 377 g/mol. The van der Waals surface area contributed by atoms with Crippen LogP contribution in [0.1, 0.15) is 10.4 Å². The summed E-state index contributed by atoms with van der Waals surface area (Å²) in [6, 6.07) is 13.0. The highest BCUT2D eigenvalue weighted by atomic mass is 32.2. The van der Waals surface area contributed by atoms with Crippen molar-refractivity contribution in [3.63, 3.8) is 0 Å². The topological polar surface area (TPSA) is 69.7 Å². The van der Waals surface area contributed by atoms with Gasteiger partial charge < -0.3 is 10.2 Å². The number of carbonyl (C=O) groups excluding carboxylic acids is 1. The Morgan fingerprint density at radius 2 is 1.73 bits per heavy atom. The lowest BCUT2D eigenvalue weighted by Gasteiger charge is -2.34. The molecule has 1 aliphatic rings. The summed E-state index contributed by atoms with van der Waals surface area (Å²) in [5.74, 6) is -1.08. The first kappa shape index (κ1) is 18.3. The van der Waals surface area contributed by atoms with E-state index in [2.05, 4.69) is 10.2 Å². The number of benzene rings is 2. The predicted molar refractivity (Wildman–Crippen MR) is 99.4 cm³/mol. The minimum absolute atomic E-state index is 0.0142. The van der Waals surface area contributed by atoms with Gasteiger partial charge in [-0.1, -0.05) is 18.2 Å². The van der Waals surface area contributed by atoms with Gasteiger partial charge in [0.05, 0.1) is 11.8 Å². The second-order valence-corrected chi connectivity index (χ2v) is 8.12. The number of sulfonamides is 1. The van der Waals surface area contributed by atoms with Crippen molar-refractivity contribution in [2.45, 2.75) is 0 Å². The van der Waals surface area contributed by atoms with Gasteiger partial charge in [-0.05, 0) is 30.3 Å². The maximum atomic E-state index is 13.7. The van der Waals surface area contributed by atoms with Crippen molar-refractivity contribution in [2.75, 3.05) is 42.7 Å². The zero-order chi connectivity index (χ0) is 18.7. The molecule has 0 saturated carbocycles. The fourth-order valence-electron chi connectivity index (χ4n) is 2.90. The summed E-state index contributed by atoms with van der Waals surface area (Å²) in [7, 11) is -3.18. The van der Waals surface area contributed by atoms with Crippen LogP contribution in [0.2, 0.25) is 0 Å². The number of anilines is 2. The van der Waals surface area contributed by atoms with Crippen LogP contribution in [0, 0.1) is 5.82 Å². The van der Waals surface area contributed by atoms with Crippen molar-refractivity contribution in [3.8, 4) is 0 Å². The second-order valence-electron chi connectivity index (χ2n) is 6.13. The van der Waals surface area contributed by atoms with Crippen molar-refractivity contribution in [1.29, 1.82) is 0 Å². The van der Waals surface area contributed by atoms with Gasteiger partial charge in [0.2, 0.25) is 10.0 Å². The Hall–Kier alpha value is -2.45. The van der Waals surface area contributed by atoms with Crippen molar-refractivity contribution in [3.05, 3.63) is 59.9 Å². The molecule has 2 aromatic rings. The molecule has 3 rings (SSSR count). The van der Waals surface area contributed by atoms with Gasteiger partial charge in [0.25, 0.3) is 5.91 Å². The number of halogens is 1. The van der Waals surface area contributed by atoms with Crippen LogP contribution in [0.5, 0.6) is 0 Å². The number of nitrogens with zero attached hydrogens (tertiary/aromatic N) is 2. The molecule has 1 amide bonds. The Labute approximate surface area is 152 Å². The molecule has 0 bridgehead atoms. The fourth-order valence-corrected chi connectivity index (χ4v) is 3.73. The normalized spacial score (nSPS) is 15.7. The van der Waals surface area contributed by atoms with Gasteiger partial charge in [-0.25, -0.2) is 12.8 Å². The average molecular weight is 377 g/mol. The summed E-state index contributed by atoms with van der Waals surface area (Å²) >= 11 is 0. The van der Waals surface area contributed by atoms with Crippen LogP contribution in [0.15, 0.2) is 48.5 Å². The molecule has 2 aromatic carbocycles. The molecule has 0 unspecified atom stereocenters. The first-order valence-electron chi connectivity index (χ1n) is 8.20. The summed E-state index contributed by atoms with van der Waals surface area (Å²) in [4.78, 5) is 14.3. The zero-order valence-corrected chi connectivity index (χ0v) is 15.2. The zero-order valence-electron chi connectivity index (χ0n) is 14.4. The average Bonchev–Trinajstić information content (AvgIpc) is 2.61. The first-order chi connectivity index (χ1) is 12.3. The van der Waals surface area contributed by atoms with E-state index in [9.17, 15) is 17.6 Å². The predicted octanol–water partition coefficient (Wildman–Crippen LogP) is 2.16. The van der Waals surface area contributed by atoms with Gasteiger partial charge >= 0.3 is 0 Å². The van der Waals surface area contributed by atoms with E-state index in [1.165, 1.54) is 28.8 Å². The van der Waals surface area contributed by atoms with Gasteiger partial charge in [-0.3, -0.25) is 4.79 Å². The summed E-state index contributed by atoms with van der Waals surface area (Å²) in [5.41, 5.74) is 1.42. The van der Waals surface area contributed by atoms with E-state index in [0.29, 0.717) is 31.9 Å².